The van der Waals surface area contributed by atoms with Crippen molar-refractivity contribution in [2.45, 2.75) is 303 Å². The van der Waals surface area contributed by atoms with E-state index in [9.17, 15) is 43.2 Å². The Morgan fingerprint density at radius 1 is 0.351 bits per heavy atom. The number of unbranched alkanes of at least 4 members (excludes halogenated alkanes) is 30. The maximum Gasteiger partial charge on any atom is 0.472 e. The summed E-state index contributed by atoms with van der Waals surface area (Å²) in [5, 5.41) is 10.5. The molecule has 0 fully saturated rings. The van der Waals surface area contributed by atoms with Crippen LogP contribution in [0.5, 0.6) is 0 Å². The van der Waals surface area contributed by atoms with Gasteiger partial charge in [0.15, 0.2) is 12.2 Å². The lowest BCUT2D eigenvalue weighted by Crippen LogP contribution is -2.30. The van der Waals surface area contributed by atoms with Crippen LogP contribution in [-0.2, 0) is 65.4 Å². The largest absolute Gasteiger partial charge is 0.472 e. The van der Waals surface area contributed by atoms with Crippen molar-refractivity contribution in [3.8, 4) is 0 Å². The maximum atomic E-state index is 12.9. The van der Waals surface area contributed by atoms with Gasteiger partial charge in [-0.05, 0) is 31.6 Å². The van der Waals surface area contributed by atoms with Crippen LogP contribution in [0.15, 0.2) is 0 Å². The lowest BCUT2D eigenvalue weighted by atomic mass is 10.0. The minimum atomic E-state index is -4.93. The van der Waals surface area contributed by atoms with Crippen LogP contribution in [0.25, 0.3) is 0 Å². The van der Waals surface area contributed by atoms with Gasteiger partial charge >= 0.3 is 39.5 Å². The zero-order valence-electron chi connectivity index (χ0n) is 49.1. The first-order valence-electron chi connectivity index (χ1n) is 30.6. The fraction of sp³-hybridized carbons (Fsp3) is 0.931. The highest BCUT2D eigenvalue weighted by Gasteiger charge is 2.30. The minimum absolute atomic E-state index is 0.102. The molecule has 0 rings (SSSR count). The molecular weight excluding hydrogens is 1030 g/mol. The number of carbonyl (C=O) groups is 4. The molecule has 3 N–H and O–H groups in total. The summed E-state index contributed by atoms with van der Waals surface area (Å²) in [5.74, 6) is -1.48. The van der Waals surface area contributed by atoms with E-state index in [-0.39, 0.29) is 25.7 Å². The smallest absolute Gasteiger partial charge is 0.462 e. The molecule has 17 nitrogen and oxygen atoms in total. The lowest BCUT2D eigenvalue weighted by molar-refractivity contribution is -0.161. The summed E-state index contributed by atoms with van der Waals surface area (Å²) in [5.41, 5.74) is 0. The summed E-state index contributed by atoms with van der Waals surface area (Å²) in [7, 11) is -9.87. The van der Waals surface area contributed by atoms with E-state index in [4.69, 9.17) is 37.0 Å². The monoisotopic (exact) mass is 1140 g/mol. The summed E-state index contributed by atoms with van der Waals surface area (Å²) in [6.07, 6.45) is 33.7. The number of hydrogen-bond acceptors (Lipinski definition) is 15. The van der Waals surface area contributed by atoms with E-state index in [0.29, 0.717) is 31.6 Å². The van der Waals surface area contributed by atoms with Crippen molar-refractivity contribution in [3.05, 3.63) is 0 Å². The average molecular weight is 1140 g/mol. The summed E-state index contributed by atoms with van der Waals surface area (Å²) in [6, 6.07) is 0. The van der Waals surface area contributed by atoms with Gasteiger partial charge in [0.25, 0.3) is 0 Å². The fourth-order valence-corrected chi connectivity index (χ4v) is 10.1. The number of hydrogen-bond donors (Lipinski definition) is 3. The molecule has 0 spiro atoms. The first-order chi connectivity index (χ1) is 37.0. The third-order valence-corrected chi connectivity index (χ3v) is 15.2. The third kappa shape index (κ3) is 53.2. The van der Waals surface area contributed by atoms with Crippen LogP contribution in [0.1, 0.15) is 285 Å². The van der Waals surface area contributed by atoms with Crippen LogP contribution < -0.4 is 0 Å². The van der Waals surface area contributed by atoms with Gasteiger partial charge < -0.3 is 33.8 Å². The quantitative estimate of drug-likeness (QED) is 0.0222. The van der Waals surface area contributed by atoms with Gasteiger partial charge in [0.05, 0.1) is 26.4 Å². The highest BCUT2D eigenvalue weighted by Crippen LogP contribution is 2.45. The number of carbonyl (C=O) groups excluding carboxylic acids is 4. The molecule has 0 aromatic heterocycles. The molecule has 0 aliphatic carbocycles. The third-order valence-electron chi connectivity index (χ3n) is 13.3. The zero-order valence-corrected chi connectivity index (χ0v) is 50.9. The Kier molecular flexibility index (Phi) is 50.8. The predicted molar refractivity (Wildman–Crippen MR) is 303 cm³/mol. The van der Waals surface area contributed by atoms with Gasteiger partial charge in [-0.2, -0.15) is 0 Å². The Bertz CT molecular complexity index is 1520. The molecule has 0 saturated carbocycles. The van der Waals surface area contributed by atoms with E-state index in [1.165, 1.54) is 96.3 Å². The van der Waals surface area contributed by atoms with Crippen molar-refractivity contribution in [2.75, 3.05) is 39.6 Å². The molecule has 0 aromatic rings. The molecule has 0 saturated heterocycles. The SMILES string of the molecule is CCCCCCCCCCCCCC(=O)O[C@H](COC(=O)CCCCCCCCCCCC)COP(=O)(O)OC[C@@H](O)COP(=O)(O)OC[C@@H](COC(=O)CCCCCCCCC)OC(=O)CCCCCCCCC(C)C. The molecular formula is C58H112O17P2. The molecule has 77 heavy (non-hydrogen) atoms. The number of aliphatic hydroxyl groups is 1. The summed E-state index contributed by atoms with van der Waals surface area (Å²) in [6.45, 7) is 7.00. The number of rotatable bonds is 58. The number of aliphatic hydroxyl groups excluding tert-OH is 1. The highest BCUT2D eigenvalue weighted by atomic mass is 31.2. The number of esters is 4. The van der Waals surface area contributed by atoms with Gasteiger partial charge in [-0.1, -0.05) is 234 Å². The van der Waals surface area contributed by atoms with Gasteiger partial charge in [0.1, 0.15) is 19.3 Å². The second-order valence-electron chi connectivity index (χ2n) is 21.5. The van der Waals surface area contributed by atoms with Crippen LogP contribution in [0.3, 0.4) is 0 Å². The van der Waals surface area contributed by atoms with Crippen molar-refractivity contribution >= 4 is 39.5 Å². The maximum absolute atomic E-state index is 12.9. The number of phosphoric acid groups is 2. The molecule has 456 valence electrons. The number of ether oxygens (including phenoxy) is 4. The minimum Gasteiger partial charge on any atom is -0.462 e. The molecule has 0 aliphatic rings. The summed E-state index contributed by atoms with van der Waals surface area (Å²) < 4.78 is 67.6. The van der Waals surface area contributed by atoms with E-state index >= 15 is 0 Å². The van der Waals surface area contributed by atoms with Crippen molar-refractivity contribution in [3.63, 3.8) is 0 Å². The van der Waals surface area contributed by atoms with Crippen molar-refractivity contribution in [2.24, 2.45) is 5.92 Å². The second kappa shape index (κ2) is 52.2. The average Bonchev–Trinajstić information content (AvgIpc) is 3.39. The van der Waals surface area contributed by atoms with Gasteiger partial charge in [-0.15, -0.1) is 0 Å². The molecule has 0 bridgehead atoms. The lowest BCUT2D eigenvalue weighted by Gasteiger charge is -2.21. The first-order valence-corrected chi connectivity index (χ1v) is 33.6. The van der Waals surface area contributed by atoms with Gasteiger partial charge in [-0.25, -0.2) is 9.13 Å². The van der Waals surface area contributed by atoms with E-state index in [0.717, 1.165) is 103 Å². The molecule has 0 radical (unpaired) electrons. The van der Waals surface area contributed by atoms with E-state index < -0.39 is 97.5 Å². The van der Waals surface area contributed by atoms with Crippen molar-refractivity contribution in [1.82, 2.24) is 0 Å². The van der Waals surface area contributed by atoms with E-state index in [1.807, 2.05) is 0 Å². The Labute approximate surface area is 467 Å². The van der Waals surface area contributed by atoms with E-state index in [2.05, 4.69) is 34.6 Å². The first kappa shape index (κ1) is 75.1. The zero-order chi connectivity index (χ0) is 57.1. The summed E-state index contributed by atoms with van der Waals surface area (Å²) >= 11 is 0. The molecule has 0 aliphatic heterocycles. The van der Waals surface area contributed by atoms with Crippen LogP contribution in [-0.4, -0.2) is 96.7 Å². The van der Waals surface area contributed by atoms with Gasteiger partial charge in [-0.3, -0.25) is 37.3 Å². The predicted octanol–water partition coefficient (Wildman–Crippen LogP) is 15.5. The molecule has 0 amide bonds. The topological polar surface area (TPSA) is 237 Å². The molecule has 5 atom stereocenters. The Morgan fingerprint density at radius 3 is 0.883 bits per heavy atom. The van der Waals surface area contributed by atoms with Crippen LogP contribution in [0.2, 0.25) is 0 Å². The van der Waals surface area contributed by atoms with Crippen molar-refractivity contribution in [1.29, 1.82) is 0 Å². The van der Waals surface area contributed by atoms with Crippen LogP contribution in [0.4, 0.5) is 0 Å². The highest BCUT2D eigenvalue weighted by molar-refractivity contribution is 7.47. The van der Waals surface area contributed by atoms with E-state index in [1.54, 1.807) is 0 Å². The molecule has 19 heteroatoms. The number of phosphoric ester groups is 2. The normalized spacial score (nSPS) is 14.4. The molecule has 0 heterocycles. The Morgan fingerprint density at radius 2 is 0.597 bits per heavy atom. The fourth-order valence-electron chi connectivity index (χ4n) is 8.52. The Balaban J connectivity index is 5.21. The molecule has 2 unspecified atom stereocenters. The molecule has 0 aromatic carbocycles. The Hall–Kier alpha value is -1.94. The van der Waals surface area contributed by atoms with Crippen molar-refractivity contribution < 1.29 is 80.2 Å². The standard InChI is InChI=1S/C58H112O17P2/c1-6-9-12-15-18-20-22-24-27-33-38-43-57(62)74-53(48-69-56(61)42-37-32-26-23-21-19-16-13-10-7-2)49-72-76(64,65)70-45-52(59)46-71-77(66,67)73-50-54(47-68-55(60)41-36-31-25-17-14-11-8-3)75-58(63)44-39-34-29-28-30-35-40-51(4)5/h51-54,59H,6-50H2,1-5H3,(H,64,65)(H,66,67)/t52-,53-,54-/m1/s1. The van der Waals surface area contributed by atoms with Gasteiger partial charge in [0, 0.05) is 25.7 Å². The second-order valence-corrected chi connectivity index (χ2v) is 24.4. The van der Waals surface area contributed by atoms with Gasteiger partial charge in [0.2, 0.25) is 0 Å². The summed E-state index contributed by atoms with van der Waals surface area (Å²) in [4.78, 5) is 71.7. The van der Waals surface area contributed by atoms with Crippen LogP contribution >= 0.6 is 15.6 Å². The van der Waals surface area contributed by atoms with Crippen LogP contribution in [0, 0.1) is 5.92 Å².